The van der Waals surface area contributed by atoms with Gasteiger partial charge in [-0.1, -0.05) is 47.0 Å². The van der Waals surface area contributed by atoms with E-state index in [2.05, 4.69) is 27.7 Å². The maximum atomic E-state index is 12.5. The Morgan fingerprint density at radius 3 is 2.00 bits per heavy atom. The van der Waals surface area contributed by atoms with Crippen LogP contribution in [0.5, 0.6) is 0 Å². The largest absolute Gasteiger partial charge is 0.330 e. The van der Waals surface area contributed by atoms with E-state index in [4.69, 9.17) is 9.05 Å². The van der Waals surface area contributed by atoms with Gasteiger partial charge in [-0.15, -0.1) is 0 Å². The zero-order valence-electron chi connectivity index (χ0n) is 13.3. The average molecular weight is 292 g/mol. The van der Waals surface area contributed by atoms with Crippen LogP contribution in [0.25, 0.3) is 0 Å². The summed E-state index contributed by atoms with van der Waals surface area (Å²) in [6.07, 6.45) is 7.83. The highest BCUT2D eigenvalue weighted by atomic mass is 31.2. The Balaban J connectivity index is 3.99. The van der Waals surface area contributed by atoms with E-state index in [1.165, 1.54) is 0 Å². The number of rotatable bonds is 13. The molecule has 0 aromatic carbocycles. The molecule has 0 aliphatic heterocycles. The summed E-state index contributed by atoms with van der Waals surface area (Å²) in [5.74, 6) is 0.670. The highest BCUT2D eigenvalue weighted by Crippen LogP contribution is 2.49. The number of hydrogen-bond acceptors (Lipinski definition) is 3. The number of hydrogen-bond donors (Lipinski definition) is 0. The van der Waals surface area contributed by atoms with Gasteiger partial charge in [-0.3, -0.25) is 4.57 Å². The van der Waals surface area contributed by atoms with Crippen LogP contribution in [0.4, 0.5) is 0 Å². The molecule has 116 valence electrons. The summed E-state index contributed by atoms with van der Waals surface area (Å²) in [4.78, 5) is 0. The molecule has 0 amide bonds. The molecular formula is C15H33O3P. The molecule has 19 heavy (non-hydrogen) atoms. The summed E-state index contributed by atoms with van der Waals surface area (Å²) in [6.45, 7) is 9.76. The van der Waals surface area contributed by atoms with Gasteiger partial charge in [0.25, 0.3) is 0 Å². The summed E-state index contributed by atoms with van der Waals surface area (Å²) in [6, 6.07) is 0. The molecule has 0 fully saturated rings. The lowest BCUT2D eigenvalue weighted by atomic mass is 10.1. The van der Waals surface area contributed by atoms with E-state index >= 15 is 0 Å². The van der Waals surface area contributed by atoms with Crippen molar-refractivity contribution in [3.63, 3.8) is 0 Å². The normalized spacial score (nSPS) is 14.8. The SMILES string of the molecule is CCCCCOP(=O)(CCCC)OCCCC(C)C. The van der Waals surface area contributed by atoms with E-state index < -0.39 is 7.60 Å². The van der Waals surface area contributed by atoms with Gasteiger partial charge in [0, 0.05) is 0 Å². The molecule has 0 aliphatic rings. The molecule has 0 aromatic heterocycles. The third-order valence-electron chi connectivity index (χ3n) is 3.04. The van der Waals surface area contributed by atoms with Crippen LogP contribution in [0, 0.1) is 5.92 Å². The third-order valence-corrected chi connectivity index (χ3v) is 5.05. The first-order valence-corrected chi connectivity index (χ1v) is 9.65. The quantitative estimate of drug-likeness (QED) is 0.325. The van der Waals surface area contributed by atoms with Crippen molar-refractivity contribution in [2.75, 3.05) is 19.4 Å². The van der Waals surface area contributed by atoms with E-state index in [0.717, 1.165) is 44.9 Å². The Bertz CT molecular complexity index is 242. The van der Waals surface area contributed by atoms with Crippen LogP contribution in [-0.2, 0) is 13.6 Å². The van der Waals surface area contributed by atoms with Gasteiger partial charge in [0.1, 0.15) is 0 Å². The van der Waals surface area contributed by atoms with Crippen molar-refractivity contribution in [2.24, 2.45) is 5.92 Å². The molecule has 0 aromatic rings. The van der Waals surface area contributed by atoms with Crippen molar-refractivity contribution in [3.8, 4) is 0 Å². The minimum Gasteiger partial charge on any atom is -0.309 e. The van der Waals surface area contributed by atoms with Crippen molar-refractivity contribution >= 4 is 7.60 Å². The lowest BCUT2D eigenvalue weighted by Crippen LogP contribution is -2.04. The van der Waals surface area contributed by atoms with E-state index in [0.29, 0.717) is 25.3 Å². The Labute approximate surface area is 120 Å². The van der Waals surface area contributed by atoms with Gasteiger partial charge in [-0.05, 0) is 31.6 Å². The first kappa shape index (κ1) is 19.1. The standard InChI is InChI=1S/C15H33O3P/c1-5-7-9-12-17-19(16,14-8-6-2)18-13-10-11-15(3)4/h15H,5-14H2,1-4H3. The Morgan fingerprint density at radius 2 is 1.47 bits per heavy atom. The average Bonchev–Trinajstić information content (AvgIpc) is 2.38. The van der Waals surface area contributed by atoms with Crippen molar-refractivity contribution in [1.29, 1.82) is 0 Å². The predicted octanol–water partition coefficient (Wildman–Crippen LogP) is 5.64. The monoisotopic (exact) mass is 292 g/mol. The van der Waals surface area contributed by atoms with Crippen LogP contribution in [0.1, 0.15) is 72.6 Å². The van der Waals surface area contributed by atoms with Crippen LogP contribution in [0.3, 0.4) is 0 Å². The van der Waals surface area contributed by atoms with Crippen LogP contribution in [0.15, 0.2) is 0 Å². The lowest BCUT2D eigenvalue weighted by molar-refractivity contribution is 0.196. The summed E-state index contributed by atoms with van der Waals surface area (Å²) in [7, 11) is -2.84. The highest BCUT2D eigenvalue weighted by molar-refractivity contribution is 7.53. The maximum Gasteiger partial charge on any atom is 0.330 e. The van der Waals surface area contributed by atoms with E-state index in [-0.39, 0.29) is 0 Å². The van der Waals surface area contributed by atoms with E-state index in [1.54, 1.807) is 0 Å². The molecule has 4 heteroatoms. The van der Waals surface area contributed by atoms with Crippen molar-refractivity contribution in [2.45, 2.75) is 72.6 Å². The fourth-order valence-electron chi connectivity index (χ4n) is 1.77. The molecule has 0 radical (unpaired) electrons. The smallest absolute Gasteiger partial charge is 0.309 e. The highest BCUT2D eigenvalue weighted by Gasteiger charge is 2.23. The fraction of sp³-hybridized carbons (Fsp3) is 1.00. The molecule has 0 N–H and O–H groups in total. The van der Waals surface area contributed by atoms with Gasteiger partial charge in [0.05, 0.1) is 19.4 Å². The summed E-state index contributed by atoms with van der Waals surface area (Å²) in [5, 5.41) is 0. The van der Waals surface area contributed by atoms with Crippen LogP contribution in [-0.4, -0.2) is 19.4 Å². The maximum absolute atomic E-state index is 12.5. The van der Waals surface area contributed by atoms with Crippen molar-refractivity contribution in [3.05, 3.63) is 0 Å². The molecule has 0 bridgehead atoms. The number of unbranched alkanes of at least 4 members (excludes halogenated alkanes) is 3. The second-order valence-corrected chi connectivity index (χ2v) is 7.78. The molecule has 0 saturated carbocycles. The van der Waals surface area contributed by atoms with Crippen molar-refractivity contribution < 1.29 is 13.6 Å². The molecule has 0 rings (SSSR count). The van der Waals surface area contributed by atoms with Gasteiger partial charge in [-0.2, -0.15) is 0 Å². The second-order valence-electron chi connectivity index (χ2n) is 5.60. The fourth-order valence-corrected chi connectivity index (χ4v) is 3.62. The first-order valence-electron chi connectivity index (χ1n) is 7.92. The molecule has 3 nitrogen and oxygen atoms in total. The Kier molecular flexibility index (Phi) is 12.0. The van der Waals surface area contributed by atoms with E-state index in [1.807, 2.05) is 0 Å². The molecule has 0 aliphatic carbocycles. The molecular weight excluding hydrogens is 259 g/mol. The van der Waals surface area contributed by atoms with E-state index in [9.17, 15) is 4.57 Å². The summed E-state index contributed by atoms with van der Waals surface area (Å²) < 4.78 is 23.7. The van der Waals surface area contributed by atoms with Crippen LogP contribution >= 0.6 is 7.60 Å². The molecule has 0 spiro atoms. The van der Waals surface area contributed by atoms with Gasteiger partial charge in [-0.25, -0.2) is 0 Å². The first-order chi connectivity index (χ1) is 9.04. The lowest BCUT2D eigenvalue weighted by Gasteiger charge is -2.18. The zero-order chi connectivity index (χ0) is 14.6. The zero-order valence-corrected chi connectivity index (χ0v) is 14.2. The minimum absolute atomic E-state index is 0.562. The Hall–Kier alpha value is 0.150. The second kappa shape index (κ2) is 11.9. The minimum atomic E-state index is -2.84. The topological polar surface area (TPSA) is 35.5 Å². The van der Waals surface area contributed by atoms with Gasteiger partial charge in [0.15, 0.2) is 0 Å². The van der Waals surface area contributed by atoms with Gasteiger partial charge in [0.2, 0.25) is 0 Å². The van der Waals surface area contributed by atoms with Gasteiger partial charge < -0.3 is 9.05 Å². The van der Waals surface area contributed by atoms with Crippen LogP contribution in [0.2, 0.25) is 0 Å². The van der Waals surface area contributed by atoms with Crippen LogP contribution < -0.4 is 0 Å². The van der Waals surface area contributed by atoms with Gasteiger partial charge >= 0.3 is 7.60 Å². The third kappa shape index (κ3) is 11.7. The Morgan fingerprint density at radius 1 is 0.895 bits per heavy atom. The molecule has 0 saturated heterocycles. The molecule has 1 unspecified atom stereocenters. The summed E-state index contributed by atoms with van der Waals surface area (Å²) in [5.41, 5.74) is 0. The predicted molar refractivity (Wildman–Crippen MR) is 82.9 cm³/mol. The molecule has 0 heterocycles. The summed E-state index contributed by atoms with van der Waals surface area (Å²) >= 11 is 0. The van der Waals surface area contributed by atoms with Crippen molar-refractivity contribution in [1.82, 2.24) is 0 Å². The molecule has 1 atom stereocenters.